The fourth-order valence-corrected chi connectivity index (χ4v) is 3.11. The molecule has 0 bridgehead atoms. The summed E-state index contributed by atoms with van der Waals surface area (Å²) in [5.41, 5.74) is 2.17. The van der Waals surface area contributed by atoms with Gasteiger partial charge in [0.2, 0.25) is 0 Å². The van der Waals surface area contributed by atoms with Crippen molar-refractivity contribution >= 4 is 34.4 Å². The van der Waals surface area contributed by atoms with Gasteiger partial charge < -0.3 is 20.5 Å². The Morgan fingerprint density at radius 3 is 2.46 bits per heavy atom. The molecule has 2 aromatic carbocycles. The lowest BCUT2D eigenvalue weighted by Crippen LogP contribution is -2.34. The highest BCUT2D eigenvalue weighted by molar-refractivity contribution is 6.05. The van der Waals surface area contributed by atoms with Gasteiger partial charge in [-0.05, 0) is 31.3 Å². The summed E-state index contributed by atoms with van der Waals surface area (Å²) >= 11 is 0. The molecule has 0 fully saturated rings. The molecular formula is C20H19N3O5. The largest absolute Gasteiger partial charge is 0.480 e. The summed E-state index contributed by atoms with van der Waals surface area (Å²) in [6.07, 6.45) is 1.55. The molecule has 3 aromatic rings. The second kappa shape index (κ2) is 7.93. The summed E-state index contributed by atoms with van der Waals surface area (Å²) in [7, 11) is 1.44. The summed E-state index contributed by atoms with van der Waals surface area (Å²) in [5, 5.41) is 22.0. The molecule has 3 rings (SSSR count). The number of aliphatic carboxylic acids is 2. The summed E-state index contributed by atoms with van der Waals surface area (Å²) in [6, 6.07) is 12.7. The number of hydrogen-bond acceptors (Lipinski definition) is 4. The minimum Gasteiger partial charge on any atom is -0.480 e. The normalized spacial score (nSPS) is 12.1. The molecule has 0 saturated heterocycles. The van der Waals surface area contributed by atoms with Gasteiger partial charge in [0.05, 0.1) is 6.54 Å². The number of fused-ring (bicyclic) bond motifs is 1. The van der Waals surface area contributed by atoms with E-state index < -0.39 is 24.5 Å². The topological polar surface area (TPSA) is 123 Å². The van der Waals surface area contributed by atoms with Gasteiger partial charge in [-0.25, -0.2) is 0 Å². The van der Waals surface area contributed by atoms with Crippen molar-refractivity contribution in [1.82, 2.24) is 9.88 Å². The maximum Gasteiger partial charge on any atom is 0.325 e. The molecule has 1 heterocycles. The van der Waals surface area contributed by atoms with Gasteiger partial charge in [-0.3, -0.25) is 19.3 Å². The Labute approximate surface area is 160 Å². The second-order valence-corrected chi connectivity index (χ2v) is 6.37. The van der Waals surface area contributed by atoms with E-state index in [0.29, 0.717) is 27.7 Å². The number of carboxylic acid groups (broad SMARTS) is 2. The van der Waals surface area contributed by atoms with Crippen molar-refractivity contribution in [3.63, 3.8) is 0 Å². The summed E-state index contributed by atoms with van der Waals surface area (Å²) in [4.78, 5) is 39.2. The predicted octanol–water partition coefficient (Wildman–Crippen LogP) is 2.56. The Hall–Kier alpha value is -3.65. The van der Waals surface area contributed by atoms with E-state index >= 15 is 0 Å². The van der Waals surface area contributed by atoms with Crippen LogP contribution in [0.4, 0.5) is 5.69 Å². The number of carbonyl (C=O) groups excluding carboxylic acids is 1. The van der Waals surface area contributed by atoms with Crippen molar-refractivity contribution in [3.8, 4) is 0 Å². The van der Waals surface area contributed by atoms with E-state index in [2.05, 4.69) is 10.3 Å². The molecule has 144 valence electrons. The van der Waals surface area contributed by atoms with Crippen LogP contribution in [0.5, 0.6) is 0 Å². The summed E-state index contributed by atoms with van der Waals surface area (Å²) < 4.78 is 0. The molecule has 0 spiro atoms. The molecule has 1 amide bonds. The van der Waals surface area contributed by atoms with Crippen LogP contribution in [0.3, 0.4) is 0 Å². The van der Waals surface area contributed by atoms with Gasteiger partial charge in [-0.2, -0.15) is 0 Å². The fraction of sp³-hybridized carbons (Fsp3) is 0.150. The Bertz CT molecular complexity index is 1030. The van der Waals surface area contributed by atoms with Gasteiger partial charge in [0.1, 0.15) is 6.04 Å². The predicted molar refractivity (Wildman–Crippen MR) is 103 cm³/mol. The van der Waals surface area contributed by atoms with Gasteiger partial charge in [0.25, 0.3) is 5.91 Å². The van der Waals surface area contributed by atoms with E-state index in [-0.39, 0.29) is 5.91 Å². The molecule has 0 aliphatic rings. The SMILES string of the molecule is CN(CC(=O)O)C(C(=O)O)c1c[nH]c2cc(NC(=O)c3ccccc3)ccc12. The van der Waals surface area contributed by atoms with Gasteiger partial charge in [0, 0.05) is 33.9 Å². The van der Waals surface area contributed by atoms with Crippen molar-refractivity contribution < 1.29 is 24.6 Å². The number of H-pyrrole nitrogens is 1. The summed E-state index contributed by atoms with van der Waals surface area (Å²) in [6.45, 7) is -0.408. The number of benzene rings is 2. The number of carbonyl (C=O) groups is 3. The molecule has 8 nitrogen and oxygen atoms in total. The number of hydrogen-bond donors (Lipinski definition) is 4. The Morgan fingerprint density at radius 1 is 1.11 bits per heavy atom. The number of nitrogens with one attached hydrogen (secondary N) is 2. The number of aromatic amines is 1. The number of anilines is 1. The maximum absolute atomic E-state index is 12.3. The first-order valence-electron chi connectivity index (χ1n) is 8.49. The number of amides is 1. The van der Waals surface area contributed by atoms with Gasteiger partial charge in [-0.15, -0.1) is 0 Å². The van der Waals surface area contributed by atoms with Crippen molar-refractivity contribution in [2.45, 2.75) is 6.04 Å². The summed E-state index contributed by atoms with van der Waals surface area (Å²) in [5.74, 6) is -2.51. The van der Waals surface area contributed by atoms with Crippen molar-refractivity contribution in [2.75, 3.05) is 18.9 Å². The Morgan fingerprint density at radius 2 is 1.82 bits per heavy atom. The molecule has 0 aliphatic heterocycles. The van der Waals surface area contributed by atoms with Gasteiger partial charge in [-0.1, -0.05) is 24.3 Å². The van der Waals surface area contributed by atoms with E-state index in [0.717, 1.165) is 0 Å². The van der Waals surface area contributed by atoms with E-state index in [9.17, 15) is 19.5 Å². The van der Waals surface area contributed by atoms with Crippen LogP contribution < -0.4 is 5.32 Å². The maximum atomic E-state index is 12.3. The first kappa shape index (κ1) is 19.1. The van der Waals surface area contributed by atoms with Crippen LogP contribution in [0, 0.1) is 0 Å². The Balaban J connectivity index is 1.88. The van der Waals surface area contributed by atoms with E-state index in [1.54, 1.807) is 48.7 Å². The van der Waals surface area contributed by atoms with Crippen LogP contribution in [0.2, 0.25) is 0 Å². The first-order valence-corrected chi connectivity index (χ1v) is 8.49. The Kier molecular flexibility index (Phi) is 5.42. The van der Waals surface area contributed by atoms with E-state index in [1.165, 1.54) is 11.9 Å². The fourth-order valence-electron chi connectivity index (χ4n) is 3.11. The van der Waals surface area contributed by atoms with Crippen LogP contribution >= 0.6 is 0 Å². The van der Waals surface area contributed by atoms with Crippen molar-refractivity contribution in [3.05, 3.63) is 65.9 Å². The zero-order valence-corrected chi connectivity index (χ0v) is 15.0. The number of rotatable bonds is 7. The molecule has 1 atom stereocenters. The highest BCUT2D eigenvalue weighted by atomic mass is 16.4. The molecule has 8 heteroatoms. The smallest absolute Gasteiger partial charge is 0.325 e. The average molecular weight is 381 g/mol. The molecule has 0 saturated carbocycles. The van der Waals surface area contributed by atoms with Gasteiger partial charge in [0.15, 0.2) is 0 Å². The lowest BCUT2D eigenvalue weighted by molar-refractivity contribution is -0.145. The van der Waals surface area contributed by atoms with Crippen LogP contribution in [0.1, 0.15) is 22.0 Å². The molecule has 0 radical (unpaired) electrons. The van der Waals surface area contributed by atoms with Crippen LogP contribution in [0.15, 0.2) is 54.7 Å². The number of carboxylic acids is 2. The highest BCUT2D eigenvalue weighted by Gasteiger charge is 2.28. The van der Waals surface area contributed by atoms with Crippen molar-refractivity contribution in [1.29, 1.82) is 0 Å². The van der Waals surface area contributed by atoms with Crippen LogP contribution in [-0.2, 0) is 9.59 Å². The lowest BCUT2D eigenvalue weighted by atomic mass is 10.0. The first-order chi connectivity index (χ1) is 13.4. The zero-order valence-electron chi connectivity index (χ0n) is 15.0. The quantitative estimate of drug-likeness (QED) is 0.499. The van der Waals surface area contributed by atoms with Crippen LogP contribution in [0.25, 0.3) is 10.9 Å². The third-order valence-corrected chi connectivity index (χ3v) is 4.36. The molecule has 0 aliphatic carbocycles. The standard InChI is InChI=1S/C20H19N3O5/c1-23(11-17(24)25)18(20(27)28)15-10-21-16-9-13(7-8-14(15)16)22-19(26)12-5-3-2-4-6-12/h2-10,18,21H,11H2,1H3,(H,22,26)(H,24,25)(H,27,28). The van der Waals surface area contributed by atoms with Crippen LogP contribution in [-0.4, -0.2) is 51.5 Å². The van der Waals surface area contributed by atoms with Gasteiger partial charge >= 0.3 is 11.9 Å². The third kappa shape index (κ3) is 4.02. The number of nitrogens with zero attached hydrogens (tertiary/aromatic N) is 1. The molecule has 4 N–H and O–H groups in total. The molecule has 28 heavy (non-hydrogen) atoms. The van der Waals surface area contributed by atoms with Crippen molar-refractivity contribution in [2.24, 2.45) is 0 Å². The number of aromatic nitrogens is 1. The molecule has 1 unspecified atom stereocenters. The molecular weight excluding hydrogens is 362 g/mol. The van der Waals surface area contributed by atoms with E-state index in [1.807, 2.05) is 6.07 Å². The second-order valence-electron chi connectivity index (χ2n) is 6.37. The van der Waals surface area contributed by atoms with E-state index in [4.69, 9.17) is 5.11 Å². The third-order valence-electron chi connectivity index (χ3n) is 4.36. The lowest BCUT2D eigenvalue weighted by Gasteiger charge is -2.22. The number of likely N-dealkylation sites (N-methyl/N-ethyl adjacent to an activating group) is 1. The zero-order chi connectivity index (χ0) is 20.3. The highest BCUT2D eigenvalue weighted by Crippen LogP contribution is 2.29. The molecule has 1 aromatic heterocycles. The minimum atomic E-state index is -1.15. The monoisotopic (exact) mass is 381 g/mol. The average Bonchev–Trinajstić information content (AvgIpc) is 3.04. The minimum absolute atomic E-state index is 0.253.